The minimum atomic E-state index is -2.10. The number of epoxide rings is 1. The van der Waals surface area contributed by atoms with Gasteiger partial charge in [0.05, 0.1) is 22.5 Å². The van der Waals surface area contributed by atoms with E-state index in [1.165, 1.54) is 27.7 Å². The number of carbonyl (C=O) groups is 5. The Morgan fingerprint density at radius 3 is 2.04 bits per heavy atom. The SMILES string of the molecule is CC(=O)O[C@H]1[C@@H]2[C@H]([C@H](C)C(Br)C3(Br)OC(=O)[C@@](C)(O)[C@]23C)[C@]2(C)[C@@H]1C1C([C@H](OC(C)=O)[C@@H]2OC(C)=O)[C@@]2(C)C[C@H]3O[C@H]3C[C@@H]2C(=O)[C@@H]1O. The Hall–Kier alpha value is -1.61. The van der Waals surface area contributed by atoms with Gasteiger partial charge in [-0.1, -0.05) is 43.6 Å². The Kier molecular flexibility index (Phi) is 7.60. The number of hydrogen-bond acceptors (Lipinski definition) is 12. The van der Waals surface area contributed by atoms with Crippen LogP contribution < -0.4 is 0 Å². The summed E-state index contributed by atoms with van der Waals surface area (Å²) in [5, 5.41) is 24.3. The number of ether oxygens (including phenoxy) is 5. The number of fused-ring (bicyclic) bond motifs is 10. The van der Waals surface area contributed by atoms with E-state index in [1.54, 1.807) is 6.92 Å². The van der Waals surface area contributed by atoms with Crippen molar-refractivity contribution in [3.05, 3.63) is 0 Å². The van der Waals surface area contributed by atoms with Crippen molar-refractivity contribution in [3.8, 4) is 0 Å². The molecule has 0 aromatic rings. The third-order valence-electron chi connectivity index (χ3n) is 14.3. The molecule has 7 fully saturated rings. The number of aliphatic hydroxyl groups is 2. The number of hydrogen-bond donors (Lipinski definition) is 2. The minimum absolute atomic E-state index is 0.102. The lowest BCUT2D eigenvalue weighted by Crippen LogP contribution is -2.72. The number of rotatable bonds is 3. The fourth-order valence-corrected chi connectivity index (χ4v) is 14.5. The highest BCUT2D eigenvalue weighted by Gasteiger charge is 2.87. The number of Topliss-reactive ketones (excluding diaryl/α,β-unsaturated/α-hetero) is 1. The van der Waals surface area contributed by atoms with Crippen molar-refractivity contribution in [3.63, 3.8) is 0 Å². The van der Waals surface area contributed by atoms with Gasteiger partial charge in [-0.15, -0.1) is 0 Å². The maximum absolute atomic E-state index is 14.3. The average molecular weight is 805 g/mol. The molecule has 0 aromatic carbocycles. The highest BCUT2D eigenvalue weighted by molar-refractivity contribution is 9.12. The molecule has 14 heteroatoms. The number of aliphatic hydroxyl groups excluding tert-OH is 1. The van der Waals surface area contributed by atoms with Crippen LogP contribution >= 0.6 is 31.9 Å². The average Bonchev–Trinajstić information content (AvgIpc) is 3.64. The van der Waals surface area contributed by atoms with E-state index in [1.807, 2.05) is 20.8 Å². The largest absolute Gasteiger partial charge is 0.462 e. The lowest BCUT2D eigenvalue weighted by atomic mass is 9.41. The van der Waals surface area contributed by atoms with Crippen LogP contribution in [0.2, 0.25) is 0 Å². The Morgan fingerprint density at radius 1 is 0.875 bits per heavy atom. The van der Waals surface area contributed by atoms with Gasteiger partial charge in [-0.3, -0.25) is 19.2 Å². The van der Waals surface area contributed by atoms with Crippen molar-refractivity contribution in [2.24, 2.45) is 57.7 Å². The fraction of sp³-hybridized carbons (Fsp3) is 0.853. The monoisotopic (exact) mass is 802 g/mol. The molecular formula is C34H44Br2O12. The third-order valence-corrected chi connectivity index (χ3v) is 17.9. The topological polar surface area (TPSA) is 175 Å². The van der Waals surface area contributed by atoms with Crippen molar-refractivity contribution in [1.29, 1.82) is 0 Å². The van der Waals surface area contributed by atoms with Crippen LogP contribution in [0.3, 0.4) is 0 Å². The molecule has 5 aliphatic carbocycles. The summed E-state index contributed by atoms with van der Waals surface area (Å²) < 4.78 is 29.2. The number of esters is 4. The molecule has 2 heterocycles. The summed E-state index contributed by atoms with van der Waals surface area (Å²) in [4.78, 5) is 66.4. The summed E-state index contributed by atoms with van der Waals surface area (Å²) in [6.45, 7) is 12.7. The van der Waals surface area contributed by atoms with Gasteiger partial charge in [0, 0.05) is 55.8 Å². The van der Waals surface area contributed by atoms with Crippen LogP contribution in [0.5, 0.6) is 0 Å². The zero-order chi connectivity index (χ0) is 35.4. The maximum Gasteiger partial charge on any atom is 0.340 e. The van der Waals surface area contributed by atoms with E-state index >= 15 is 0 Å². The molecule has 48 heavy (non-hydrogen) atoms. The molecule has 0 aromatic heterocycles. The molecule has 5 saturated carbocycles. The molecular weight excluding hydrogens is 760 g/mol. The number of halogens is 2. The zero-order valence-electron chi connectivity index (χ0n) is 28.2. The van der Waals surface area contributed by atoms with Gasteiger partial charge in [-0.05, 0) is 52.9 Å². The first-order chi connectivity index (χ1) is 22.1. The lowest BCUT2D eigenvalue weighted by Gasteiger charge is -2.65. The van der Waals surface area contributed by atoms with Crippen LogP contribution in [0.1, 0.15) is 68.2 Å². The lowest BCUT2D eigenvalue weighted by molar-refractivity contribution is -0.261. The van der Waals surface area contributed by atoms with Gasteiger partial charge in [0.15, 0.2) is 15.9 Å². The number of carbonyl (C=O) groups excluding carboxylic acids is 5. The maximum atomic E-state index is 14.3. The fourth-order valence-electron chi connectivity index (χ4n) is 12.4. The van der Waals surface area contributed by atoms with Crippen LogP contribution in [0.4, 0.5) is 0 Å². The highest BCUT2D eigenvalue weighted by atomic mass is 79.9. The summed E-state index contributed by atoms with van der Waals surface area (Å²) in [5.74, 6) is -8.08. The van der Waals surface area contributed by atoms with Gasteiger partial charge in [-0.25, -0.2) is 4.79 Å². The van der Waals surface area contributed by atoms with E-state index < -0.39 is 121 Å². The zero-order valence-corrected chi connectivity index (χ0v) is 31.4. The van der Waals surface area contributed by atoms with Crippen LogP contribution in [0.15, 0.2) is 0 Å². The Bertz CT molecular complexity index is 1500. The molecule has 4 unspecified atom stereocenters. The second-order valence-corrected chi connectivity index (χ2v) is 18.5. The molecule has 7 rings (SSSR count). The Labute approximate surface area is 295 Å². The van der Waals surface area contributed by atoms with Gasteiger partial charge in [-0.2, -0.15) is 0 Å². The van der Waals surface area contributed by atoms with Crippen molar-refractivity contribution in [1.82, 2.24) is 0 Å². The molecule has 0 bridgehead atoms. The van der Waals surface area contributed by atoms with E-state index in [4.69, 9.17) is 23.7 Å². The molecule has 19 atom stereocenters. The van der Waals surface area contributed by atoms with E-state index in [0.717, 1.165) is 0 Å². The normalized spacial score (nSPS) is 57.4. The molecule has 0 radical (unpaired) electrons. The quantitative estimate of drug-likeness (QED) is 0.185. The molecule has 2 saturated heterocycles. The van der Waals surface area contributed by atoms with Crippen molar-refractivity contribution < 1.29 is 57.9 Å². The Balaban J connectivity index is 1.54. The van der Waals surface area contributed by atoms with Crippen LogP contribution in [-0.2, 0) is 47.7 Å². The second kappa shape index (κ2) is 10.5. The molecule has 0 spiro atoms. The van der Waals surface area contributed by atoms with E-state index in [-0.39, 0.29) is 18.0 Å². The second-order valence-electron chi connectivity index (χ2n) is 16.4. The highest BCUT2D eigenvalue weighted by Crippen LogP contribution is 2.79. The summed E-state index contributed by atoms with van der Waals surface area (Å²) in [7, 11) is 0. The van der Waals surface area contributed by atoms with Gasteiger partial charge in [0.2, 0.25) is 0 Å². The predicted molar refractivity (Wildman–Crippen MR) is 171 cm³/mol. The predicted octanol–water partition coefficient (Wildman–Crippen LogP) is 2.84. The molecule has 0 amide bonds. The van der Waals surface area contributed by atoms with E-state index in [0.29, 0.717) is 12.8 Å². The first-order valence-electron chi connectivity index (χ1n) is 16.8. The van der Waals surface area contributed by atoms with Gasteiger partial charge >= 0.3 is 23.9 Å². The van der Waals surface area contributed by atoms with E-state index in [9.17, 15) is 34.2 Å². The number of ketones is 1. The number of alkyl halides is 2. The molecule has 266 valence electrons. The third kappa shape index (κ3) is 4.01. The van der Waals surface area contributed by atoms with Crippen molar-refractivity contribution in [2.75, 3.05) is 0 Å². The van der Waals surface area contributed by atoms with Gasteiger partial charge < -0.3 is 33.9 Å². The standard InChI is InChI=1S/C34H44Br2O12/c1-11-19-22(32(7)33(8,43)29(42)48-34(32,36)27(11)35)25(44-12(2)37)21-18-20(26(45-13(3)38)28(31(19,21)6)46-14(4)39)30(5)10-17-16(47-17)9-15(30)23(40)24(18)41/h11,15-22,24-28,41,43H,9-10H2,1-8H3/t11-,15+,16-,17+,18?,19-,20?,21+,22-,24+,25+,26-,27?,28-,30-,31+,32-,33+,34?/m0/s1. The Morgan fingerprint density at radius 2 is 1.46 bits per heavy atom. The first kappa shape index (κ1) is 34.8. The summed E-state index contributed by atoms with van der Waals surface area (Å²) in [5.41, 5.74) is -5.66. The van der Waals surface area contributed by atoms with Crippen molar-refractivity contribution >= 4 is 61.5 Å². The van der Waals surface area contributed by atoms with Crippen molar-refractivity contribution in [2.45, 2.75) is 120 Å². The summed E-state index contributed by atoms with van der Waals surface area (Å²) >= 11 is 7.55. The van der Waals surface area contributed by atoms with Crippen LogP contribution in [0.25, 0.3) is 0 Å². The van der Waals surface area contributed by atoms with Gasteiger partial charge in [0.25, 0.3) is 0 Å². The molecule has 2 N–H and O–H groups in total. The summed E-state index contributed by atoms with van der Waals surface area (Å²) in [6, 6.07) is 0. The summed E-state index contributed by atoms with van der Waals surface area (Å²) in [6.07, 6.45) is -4.20. The molecule has 12 nitrogen and oxygen atoms in total. The molecule has 7 aliphatic rings. The molecule has 2 aliphatic heterocycles. The van der Waals surface area contributed by atoms with Crippen LogP contribution in [-0.4, -0.2) is 91.4 Å². The first-order valence-corrected chi connectivity index (χ1v) is 18.5. The smallest absolute Gasteiger partial charge is 0.340 e. The van der Waals surface area contributed by atoms with E-state index in [2.05, 4.69) is 31.9 Å². The van der Waals surface area contributed by atoms with Gasteiger partial charge in [0.1, 0.15) is 24.4 Å². The van der Waals surface area contributed by atoms with Crippen LogP contribution in [0, 0.1) is 57.7 Å². The minimum Gasteiger partial charge on any atom is -0.462 e.